The second kappa shape index (κ2) is 3.09. The average molecular weight is 178 g/mol. The van der Waals surface area contributed by atoms with Crippen LogP contribution < -0.4 is 0 Å². The summed E-state index contributed by atoms with van der Waals surface area (Å²) in [5, 5.41) is 0. The molecule has 0 amide bonds. The SMILES string of the molecule is CC1=C2C(=O)CCC(C=O)C2CC1. The minimum Gasteiger partial charge on any atom is -0.303 e. The summed E-state index contributed by atoms with van der Waals surface area (Å²) in [5.74, 6) is 0.669. The maximum absolute atomic E-state index is 11.6. The van der Waals surface area contributed by atoms with E-state index in [1.807, 2.05) is 6.92 Å². The third kappa shape index (κ3) is 1.25. The van der Waals surface area contributed by atoms with Gasteiger partial charge in [0.2, 0.25) is 0 Å². The molecule has 2 atom stereocenters. The predicted octanol–water partition coefficient (Wildman–Crippen LogP) is 1.89. The number of ketones is 1. The van der Waals surface area contributed by atoms with E-state index in [4.69, 9.17) is 0 Å². The molecule has 0 bridgehead atoms. The van der Waals surface area contributed by atoms with Crippen LogP contribution in [0.5, 0.6) is 0 Å². The van der Waals surface area contributed by atoms with Crippen LogP contribution in [0.15, 0.2) is 11.1 Å². The van der Waals surface area contributed by atoms with Crippen molar-refractivity contribution in [1.82, 2.24) is 0 Å². The molecule has 0 aromatic carbocycles. The van der Waals surface area contributed by atoms with Gasteiger partial charge < -0.3 is 4.79 Å². The number of Topliss-reactive ketones (excluding diaryl/α,β-unsaturated/α-hetero) is 1. The van der Waals surface area contributed by atoms with E-state index < -0.39 is 0 Å². The summed E-state index contributed by atoms with van der Waals surface area (Å²) < 4.78 is 0. The van der Waals surface area contributed by atoms with Crippen molar-refractivity contribution >= 4 is 12.1 Å². The Morgan fingerprint density at radius 3 is 2.77 bits per heavy atom. The van der Waals surface area contributed by atoms with Crippen LogP contribution in [0.3, 0.4) is 0 Å². The monoisotopic (exact) mass is 178 g/mol. The van der Waals surface area contributed by atoms with Gasteiger partial charge in [-0.15, -0.1) is 0 Å². The molecular weight excluding hydrogens is 164 g/mol. The summed E-state index contributed by atoms with van der Waals surface area (Å²) in [6.45, 7) is 2.03. The minimum absolute atomic E-state index is 0.116. The fourth-order valence-electron chi connectivity index (χ4n) is 2.64. The van der Waals surface area contributed by atoms with Crippen LogP contribution in [-0.4, -0.2) is 12.1 Å². The Labute approximate surface area is 78.0 Å². The highest BCUT2D eigenvalue weighted by Crippen LogP contribution is 2.42. The smallest absolute Gasteiger partial charge is 0.159 e. The number of carbonyl (C=O) groups excluding carboxylic acids is 2. The topological polar surface area (TPSA) is 34.1 Å². The molecule has 70 valence electrons. The second-order valence-corrected chi connectivity index (χ2v) is 4.10. The summed E-state index contributed by atoms with van der Waals surface area (Å²) in [5.41, 5.74) is 2.21. The molecule has 0 spiro atoms. The van der Waals surface area contributed by atoms with Crippen LogP contribution in [0.2, 0.25) is 0 Å². The average Bonchev–Trinajstić information content (AvgIpc) is 2.50. The number of fused-ring (bicyclic) bond motifs is 1. The highest BCUT2D eigenvalue weighted by atomic mass is 16.1. The van der Waals surface area contributed by atoms with Crippen LogP contribution >= 0.6 is 0 Å². The van der Waals surface area contributed by atoms with Crippen LogP contribution in [0.1, 0.15) is 32.6 Å². The van der Waals surface area contributed by atoms with Gasteiger partial charge in [-0.2, -0.15) is 0 Å². The fourth-order valence-corrected chi connectivity index (χ4v) is 2.64. The Bertz CT molecular complexity index is 288. The van der Waals surface area contributed by atoms with Gasteiger partial charge in [-0.1, -0.05) is 5.57 Å². The summed E-state index contributed by atoms with van der Waals surface area (Å²) >= 11 is 0. The zero-order chi connectivity index (χ0) is 9.42. The van der Waals surface area contributed by atoms with Crippen molar-refractivity contribution < 1.29 is 9.59 Å². The van der Waals surface area contributed by atoms with Crippen LogP contribution in [0, 0.1) is 11.8 Å². The second-order valence-electron chi connectivity index (χ2n) is 4.10. The molecule has 2 rings (SSSR count). The largest absolute Gasteiger partial charge is 0.303 e. The first kappa shape index (κ1) is 8.67. The van der Waals surface area contributed by atoms with Gasteiger partial charge in [0.05, 0.1) is 0 Å². The summed E-state index contributed by atoms with van der Waals surface area (Å²) in [6.07, 6.45) is 4.40. The molecule has 13 heavy (non-hydrogen) atoms. The normalized spacial score (nSPS) is 33.5. The number of aldehydes is 1. The third-order valence-electron chi connectivity index (χ3n) is 3.36. The van der Waals surface area contributed by atoms with Crippen LogP contribution in [-0.2, 0) is 9.59 Å². The van der Waals surface area contributed by atoms with E-state index in [1.165, 1.54) is 5.57 Å². The Morgan fingerprint density at radius 1 is 1.31 bits per heavy atom. The Morgan fingerprint density at radius 2 is 2.08 bits per heavy atom. The molecular formula is C11H14O2. The Balaban J connectivity index is 2.33. The molecule has 0 heterocycles. The van der Waals surface area contributed by atoms with Gasteiger partial charge >= 0.3 is 0 Å². The van der Waals surface area contributed by atoms with Crippen LogP contribution in [0.4, 0.5) is 0 Å². The fraction of sp³-hybridized carbons (Fsp3) is 0.636. The first-order valence-electron chi connectivity index (χ1n) is 4.92. The number of hydrogen-bond donors (Lipinski definition) is 0. The van der Waals surface area contributed by atoms with Crippen molar-refractivity contribution in [3.05, 3.63) is 11.1 Å². The molecule has 0 saturated heterocycles. The van der Waals surface area contributed by atoms with Gasteiger partial charge in [0.25, 0.3) is 0 Å². The van der Waals surface area contributed by atoms with E-state index >= 15 is 0 Å². The highest BCUT2D eigenvalue weighted by molar-refractivity contribution is 5.98. The number of allylic oxidation sites excluding steroid dienone is 2. The molecule has 1 fully saturated rings. The predicted molar refractivity (Wildman–Crippen MR) is 49.2 cm³/mol. The third-order valence-corrected chi connectivity index (χ3v) is 3.36. The van der Waals surface area contributed by atoms with E-state index in [0.717, 1.165) is 31.1 Å². The van der Waals surface area contributed by atoms with Gasteiger partial charge in [-0.05, 0) is 37.7 Å². The first-order chi connectivity index (χ1) is 6.24. The molecule has 0 aliphatic heterocycles. The van der Waals surface area contributed by atoms with Crippen molar-refractivity contribution in [3.63, 3.8) is 0 Å². The van der Waals surface area contributed by atoms with Gasteiger partial charge in [0, 0.05) is 12.3 Å². The van der Waals surface area contributed by atoms with E-state index in [0.29, 0.717) is 6.42 Å². The first-order valence-corrected chi connectivity index (χ1v) is 4.92. The molecule has 2 heteroatoms. The zero-order valence-electron chi connectivity index (χ0n) is 7.88. The number of carbonyl (C=O) groups is 2. The lowest BCUT2D eigenvalue weighted by atomic mass is 9.76. The van der Waals surface area contributed by atoms with E-state index in [-0.39, 0.29) is 17.6 Å². The molecule has 0 N–H and O–H groups in total. The highest BCUT2D eigenvalue weighted by Gasteiger charge is 2.37. The maximum Gasteiger partial charge on any atom is 0.159 e. The van der Waals surface area contributed by atoms with E-state index in [2.05, 4.69) is 0 Å². The van der Waals surface area contributed by atoms with Crippen molar-refractivity contribution in [2.24, 2.45) is 11.8 Å². The standard InChI is InChI=1S/C11H14O2/c1-7-2-4-9-8(6-12)3-5-10(13)11(7)9/h6,8-9H,2-5H2,1H3. The van der Waals surface area contributed by atoms with Crippen molar-refractivity contribution in [2.45, 2.75) is 32.6 Å². The van der Waals surface area contributed by atoms with Crippen molar-refractivity contribution in [3.8, 4) is 0 Å². The quantitative estimate of drug-likeness (QED) is 0.574. The lowest BCUT2D eigenvalue weighted by molar-refractivity contribution is -0.119. The summed E-state index contributed by atoms with van der Waals surface area (Å²) in [6, 6.07) is 0. The van der Waals surface area contributed by atoms with Crippen LogP contribution in [0.25, 0.3) is 0 Å². The van der Waals surface area contributed by atoms with E-state index in [1.54, 1.807) is 0 Å². The van der Waals surface area contributed by atoms with Gasteiger partial charge in [-0.3, -0.25) is 4.79 Å². The number of hydrogen-bond acceptors (Lipinski definition) is 2. The molecule has 2 unspecified atom stereocenters. The lowest BCUT2D eigenvalue weighted by Crippen LogP contribution is -2.26. The van der Waals surface area contributed by atoms with E-state index in [9.17, 15) is 9.59 Å². The maximum atomic E-state index is 11.6. The molecule has 0 aromatic rings. The minimum atomic E-state index is 0.116. The van der Waals surface area contributed by atoms with Gasteiger partial charge in [-0.25, -0.2) is 0 Å². The molecule has 0 aromatic heterocycles. The molecule has 2 nitrogen and oxygen atoms in total. The lowest BCUT2D eigenvalue weighted by Gasteiger charge is -2.25. The van der Waals surface area contributed by atoms with Crippen molar-refractivity contribution in [2.75, 3.05) is 0 Å². The Kier molecular flexibility index (Phi) is 2.06. The zero-order valence-corrected chi connectivity index (χ0v) is 7.88. The van der Waals surface area contributed by atoms with Gasteiger partial charge in [0.15, 0.2) is 5.78 Å². The molecule has 1 saturated carbocycles. The molecule has 0 radical (unpaired) electrons. The molecule has 2 aliphatic rings. The van der Waals surface area contributed by atoms with Crippen molar-refractivity contribution in [1.29, 1.82) is 0 Å². The van der Waals surface area contributed by atoms with Gasteiger partial charge in [0.1, 0.15) is 6.29 Å². The number of rotatable bonds is 1. The summed E-state index contributed by atoms with van der Waals surface area (Å²) in [4.78, 5) is 22.4. The Hall–Kier alpha value is -0.920. The molecule has 2 aliphatic carbocycles. The summed E-state index contributed by atoms with van der Waals surface area (Å²) in [7, 11) is 0.